The molecular weight excluding hydrogens is 1180 g/mol. The fourth-order valence-corrected chi connectivity index (χ4v) is 21.5. The number of hydrogen-bond donors (Lipinski definition) is 7. The number of phenols is 1. The van der Waals surface area contributed by atoms with Crippen LogP contribution in [0.4, 0.5) is 0 Å². The van der Waals surface area contributed by atoms with Crippen LogP contribution in [0.25, 0.3) is 16.7 Å². The van der Waals surface area contributed by atoms with Crippen molar-refractivity contribution >= 4 is 23.8 Å². The average molecular weight is 1280 g/mol. The first-order chi connectivity index (χ1) is 46.3. The molecule has 12 heteroatoms. The first-order valence-electron chi connectivity index (χ1n) is 37.0. The second kappa shape index (κ2) is 26.8. The molecule has 4 saturated carbocycles. The maximum Gasteiger partial charge on any atom is 0.340 e. The van der Waals surface area contributed by atoms with Gasteiger partial charge in [0.1, 0.15) is 23.6 Å². The maximum absolute atomic E-state index is 15.7. The summed E-state index contributed by atoms with van der Waals surface area (Å²) in [6.07, 6.45) is 25.4. The molecule has 14 atom stereocenters. The van der Waals surface area contributed by atoms with Crippen molar-refractivity contribution in [3.8, 4) is 28.7 Å². The molecule has 95 heavy (non-hydrogen) atoms. The first kappa shape index (κ1) is 64.6. The van der Waals surface area contributed by atoms with Crippen LogP contribution in [0, 0.1) is 81.8 Å². The highest BCUT2D eigenvalue weighted by molar-refractivity contribution is 6.07. The van der Waals surface area contributed by atoms with Gasteiger partial charge in [-0.15, -0.1) is 0 Å². The molecule has 14 bridgehead atoms. The lowest BCUT2D eigenvalue weighted by Gasteiger charge is -2.56. The molecule has 500 valence electrons. The van der Waals surface area contributed by atoms with Gasteiger partial charge in [-0.25, -0.2) is 9.59 Å². The molecule has 17 rings (SSSR count). The van der Waals surface area contributed by atoms with Gasteiger partial charge in [0, 0.05) is 48.5 Å². The normalized spacial score (nSPS) is 34.6. The maximum atomic E-state index is 15.7. The van der Waals surface area contributed by atoms with E-state index < -0.39 is 22.5 Å². The number of ether oxygens (including phenoxy) is 2. The van der Waals surface area contributed by atoms with Gasteiger partial charge in [0.15, 0.2) is 0 Å². The molecule has 6 aliphatic heterocycles. The molecule has 4 aromatic carbocycles. The highest BCUT2D eigenvalue weighted by Gasteiger charge is 2.69. The van der Waals surface area contributed by atoms with Crippen LogP contribution in [0.5, 0.6) is 5.75 Å². The zero-order valence-electron chi connectivity index (χ0n) is 56.1. The monoisotopic (exact) mass is 1280 g/mol. The number of rotatable bonds is 10. The number of carbonyl (C=O) groups excluding carboxylic acids is 3. The van der Waals surface area contributed by atoms with Crippen LogP contribution in [0.2, 0.25) is 0 Å². The molecule has 0 amide bonds. The van der Waals surface area contributed by atoms with Gasteiger partial charge in [-0.2, -0.15) is 0 Å². The Labute approximate surface area is 563 Å². The largest absolute Gasteiger partial charge is 0.508 e. The number of allylic oxidation sites excluding steroid dienone is 5. The Morgan fingerprint density at radius 2 is 1.57 bits per heavy atom. The van der Waals surface area contributed by atoms with Crippen molar-refractivity contribution in [2.75, 3.05) is 26.7 Å². The number of aromatic hydroxyl groups is 1. The van der Waals surface area contributed by atoms with E-state index in [-0.39, 0.29) is 95.0 Å². The Hall–Kier alpha value is -6.43. The molecule has 12 nitrogen and oxygen atoms in total. The molecule has 1 spiro atoms. The summed E-state index contributed by atoms with van der Waals surface area (Å²) in [5.41, 5.74) is 7.32. The predicted molar refractivity (Wildman–Crippen MR) is 370 cm³/mol. The van der Waals surface area contributed by atoms with Crippen molar-refractivity contribution in [2.45, 2.75) is 191 Å². The number of fused-ring (bicyclic) bond motifs is 5. The lowest BCUT2D eigenvalue weighted by Crippen LogP contribution is -2.54. The third-order valence-corrected chi connectivity index (χ3v) is 26.2. The van der Waals surface area contributed by atoms with E-state index in [0.29, 0.717) is 74.3 Å². The number of carbonyl (C=O) groups is 3. The van der Waals surface area contributed by atoms with Gasteiger partial charge in [0.25, 0.3) is 0 Å². The van der Waals surface area contributed by atoms with Crippen molar-refractivity contribution in [2.24, 2.45) is 70.0 Å². The summed E-state index contributed by atoms with van der Waals surface area (Å²) in [6, 6.07) is 33.9. The summed E-state index contributed by atoms with van der Waals surface area (Å²) in [5.74, 6) is 7.37. The lowest BCUT2D eigenvalue weighted by molar-refractivity contribution is -0.135. The van der Waals surface area contributed by atoms with E-state index in [1.165, 1.54) is 16.7 Å². The van der Waals surface area contributed by atoms with Gasteiger partial charge in [-0.3, -0.25) is 0 Å². The Balaban J connectivity index is 0.913. The minimum absolute atomic E-state index is 0.00922. The van der Waals surface area contributed by atoms with Crippen molar-refractivity contribution in [3.63, 3.8) is 0 Å². The summed E-state index contributed by atoms with van der Waals surface area (Å²) in [4.78, 5) is 44.1. The topological polar surface area (TPSA) is 178 Å². The predicted octanol–water partition coefficient (Wildman–Crippen LogP) is 13.9. The smallest absolute Gasteiger partial charge is 0.340 e. The van der Waals surface area contributed by atoms with E-state index in [1.807, 2.05) is 18.2 Å². The summed E-state index contributed by atoms with van der Waals surface area (Å²) < 4.78 is 13.7. The third kappa shape index (κ3) is 11.9. The Morgan fingerprint density at radius 1 is 0.747 bits per heavy atom. The van der Waals surface area contributed by atoms with Gasteiger partial charge in [-0.05, 0) is 251 Å². The van der Waals surface area contributed by atoms with Crippen LogP contribution in [-0.2, 0) is 43.2 Å². The number of phenolic OH excluding ortho intramolecular Hbond substituents is 1. The number of cyclic esters (lactones) is 1. The number of piperidine rings is 1. The van der Waals surface area contributed by atoms with Crippen LogP contribution in [0.15, 0.2) is 137 Å². The van der Waals surface area contributed by atoms with E-state index in [0.717, 1.165) is 162 Å². The molecule has 0 radical (unpaired) electrons. The van der Waals surface area contributed by atoms with E-state index in [9.17, 15) is 20.1 Å². The molecule has 4 aromatic rings. The molecule has 0 unspecified atom stereocenters. The Bertz CT molecular complexity index is 3770. The van der Waals surface area contributed by atoms with E-state index >= 15 is 9.59 Å². The fraction of sp³-hybridized carbons (Fsp3) is 0.554. The third-order valence-electron chi connectivity index (χ3n) is 26.2. The van der Waals surface area contributed by atoms with E-state index in [2.05, 4.69) is 132 Å². The summed E-state index contributed by atoms with van der Waals surface area (Å²) in [7, 11) is 2.06. The Morgan fingerprint density at radius 3 is 2.39 bits per heavy atom. The summed E-state index contributed by atoms with van der Waals surface area (Å²) in [5, 5.41) is 54.0. The van der Waals surface area contributed by atoms with Crippen molar-refractivity contribution in [1.82, 2.24) is 21.3 Å². The van der Waals surface area contributed by atoms with Crippen LogP contribution in [0.1, 0.15) is 182 Å². The van der Waals surface area contributed by atoms with Gasteiger partial charge < -0.3 is 50.9 Å². The fourth-order valence-electron chi connectivity index (χ4n) is 21.5. The molecule has 7 aliphatic carbocycles. The van der Waals surface area contributed by atoms with Gasteiger partial charge >= 0.3 is 11.9 Å². The van der Waals surface area contributed by atoms with Crippen LogP contribution >= 0.6 is 0 Å². The van der Waals surface area contributed by atoms with Gasteiger partial charge in [0.2, 0.25) is 0 Å². The number of aldehydes is 1. The molecule has 13 aliphatic rings. The van der Waals surface area contributed by atoms with Crippen molar-refractivity contribution < 1.29 is 39.2 Å². The van der Waals surface area contributed by atoms with E-state index in [4.69, 9.17) is 9.47 Å². The molecule has 0 aromatic heterocycles. The second-order valence-electron chi connectivity index (χ2n) is 31.1. The van der Waals surface area contributed by atoms with Gasteiger partial charge in [-0.1, -0.05) is 136 Å². The zero-order chi connectivity index (χ0) is 65.1. The van der Waals surface area contributed by atoms with Crippen molar-refractivity contribution in [1.29, 1.82) is 0 Å². The zero-order valence-corrected chi connectivity index (χ0v) is 56.1. The number of nitrogens with one attached hydrogen (secondary N) is 4. The van der Waals surface area contributed by atoms with Crippen molar-refractivity contribution in [3.05, 3.63) is 165 Å². The minimum atomic E-state index is -1.29. The minimum Gasteiger partial charge on any atom is -0.508 e. The van der Waals surface area contributed by atoms with Crippen LogP contribution in [-0.4, -0.2) is 77.6 Å². The number of esters is 2. The standard InChI is InChI=1S/C83H100N4O8/c1-3-52(41-53-15-7-4-8-16-53)44-71-82-37-29-65-66-27-28-67-70(94-78(90)74(67)75(66)82)30-36-80(61-32-39-86-72(46-61)84-2)48-58-45-62(81(92)34-11-6-12-35-81)24-23-60(33-40-88)83(93,59-21-9-5-10-22-59)51-87-77(69(58)49-80)57-20-13-17-54(42-57)31-38-85-50-55-18-14-19-56(43-55)64-26-25-63(89)47-68(64)73(65)76(82)79(91)95-71/h4,7-8,13-20,25-26,30,40,42-44,47,52,58-62,65-66,69,72,75,77,84-87,89,92-93H,3,5-6,9-12,21-22,27-29,31-39,41,45-46,48-51H2,1-2H3/b70-30?,71-44-/t52-,58-,60-,61+,62-,65+,66-,69-,72-,75+,77-,80+,82+,83-/m0/s1. The summed E-state index contributed by atoms with van der Waals surface area (Å²) in [6.45, 7) is 4.74. The summed E-state index contributed by atoms with van der Waals surface area (Å²) >= 11 is 0. The SMILES string of the molecule is CC[C@H](/C=C1\OC(=O)C2=C3c4cc(O)ccc4-c4cccc(c4)CNCCc4cccc(c4)[C@@H]4NC[C@](O)(C5CCCCC5)[C@H](CC=O)C#C[C@H](C5(O)CCCCC5)C[C@H]5C[C@]([C@@H]6CCN[C@H](NC)C6)(CC=C6OC(=O)C7=C6CC[C@H]6[C@H]3CC[C@@]21[C@@H]76)C[C@@H]54)Cc1ccccc1. The number of hydrogen-bond acceptors (Lipinski definition) is 12. The molecule has 6 fully saturated rings. The van der Waals surface area contributed by atoms with E-state index in [1.54, 1.807) is 6.07 Å². The molecule has 6 heterocycles. The second-order valence-corrected chi connectivity index (χ2v) is 31.1. The highest BCUT2D eigenvalue weighted by Crippen LogP contribution is 2.73. The molecular formula is C83H100N4O8. The first-order valence-corrected chi connectivity index (χ1v) is 37.0. The molecule has 7 N–H and O–H groups in total. The lowest BCUT2D eigenvalue weighted by atomic mass is 9.44. The number of aliphatic hydroxyl groups is 2. The number of β-amino-alcohol motifs (C(OH)–C–C–N with tert-alkyl or cyclic N) is 1. The quantitative estimate of drug-likeness (QED) is 0.0455. The number of benzene rings is 4. The van der Waals surface area contributed by atoms with Crippen LogP contribution < -0.4 is 21.3 Å². The average Bonchev–Trinajstić information content (AvgIpc) is 1.59. The Kier molecular flexibility index (Phi) is 18.2. The van der Waals surface area contributed by atoms with Gasteiger partial charge in [0.05, 0.1) is 34.3 Å². The van der Waals surface area contributed by atoms with Crippen LogP contribution in [0.3, 0.4) is 0 Å². The molecule has 2 saturated heterocycles. The highest BCUT2D eigenvalue weighted by atomic mass is 16.6.